The van der Waals surface area contributed by atoms with E-state index in [1.165, 1.54) is 0 Å². The van der Waals surface area contributed by atoms with Crippen LogP contribution in [0.3, 0.4) is 0 Å². The quantitative estimate of drug-likeness (QED) is 0.352. The van der Waals surface area contributed by atoms with Gasteiger partial charge in [0.05, 0.1) is 17.6 Å². The second-order valence-corrected chi connectivity index (χ2v) is 8.08. The predicted octanol–water partition coefficient (Wildman–Crippen LogP) is 5.89. The van der Waals surface area contributed by atoms with E-state index in [0.717, 1.165) is 16.5 Å². The number of halogens is 3. The van der Waals surface area contributed by atoms with Crippen LogP contribution < -0.4 is 5.73 Å². The summed E-state index contributed by atoms with van der Waals surface area (Å²) in [6.45, 7) is -0.134. The van der Waals surface area contributed by atoms with Crippen molar-refractivity contribution >= 4 is 39.0 Å². The molecule has 1 amide bonds. The molecule has 5 rings (SSSR count). The lowest BCUT2D eigenvalue weighted by atomic mass is 10.0. The van der Waals surface area contributed by atoms with Gasteiger partial charge < -0.3 is 10.3 Å². The summed E-state index contributed by atoms with van der Waals surface area (Å²) in [6, 6.07) is 17.3. The van der Waals surface area contributed by atoms with Gasteiger partial charge in [0, 0.05) is 32.8 Å². The van der Waals surface area contributed by atoms with Gasteiger partial charge in [0.15, 0.2) is 11.6 Å². The van der Waals surface area contributed by atoms with Gasteiger partial charge in [-0.3, -0.25) is 4.79 Å². The summed E-state index contributed by atoms with van der Waals surface area (Å²) < 4.78 is 43.8. The Morgan fingerprint density at radius 3 is 2.65 bits per heavy atom. The molecule has 0 aliphatic rings. The highest BCUT2D eigenvalue weighted by Gasteiger charge is 2.19. The Balaban J connectivity index is 1.83. The molecular formula is C24H14F3N2OS. The van der Waals surface area contributed by atoms with Crippen LogP contribution >= 0.6 is 11.3 Å². The molecule has 3 nitrogen and oxygen atoms in total. The zero-order valence-electron chi connectivity index (χ0n) is 16.0. The van der Waals surface area contributed by atoms with Crippen LogP contribution in [0.1, 0.15) is 15.9 Å². The van der Waals surface area contributed by atoms with E-state index in [0.29, 0.717) is 33.4 Å². The first-order valence-corrected chi connectivity index (χ1v) is 10.3. The number of nitrogens with two attached hydrogens (primary N) is 1. The van der Waals surface area contributed by atoms with Crippen molar-refractivity contribution in [2.45, 2.75) is 6.54 Å². The lowest BCUT2D eigenvalue weighted by molar-refractivity contribution is 0.100. The maximum absolute atomic E-state index is 14.4. The third-order valence-electron chi connectivity index (χ3n) is 5.26. The number of nitrogens with zero attached hydrogens (tertiary/aromatic N) is 1. The molecule has 0 saturated heterocycles. The number of hydrogen-bond acceptors (Lipinski definition) is 2. The highest BCUT2D eigenvalue weighted by Crippen LogP contribution is 2.36. The molecule has 2 N–H and O–H groups in total. The van der Waals surface area contributed by atoms with E-state index in [4.69, 9.17) is 5.73 Å². The Labute approximate surface area is 179 Å². The molecule has 153 valence electrons. The summed E-state index contributed by atoms with van der Waals surface area (Å²) in [4.78, 5) is 13.1. The fourth-order valence-electron chi connectivity index (χ4n) is 3.91. The normalized spacial score (nSPS) is 11.5. The van der Waals surface area contributed by atoms with Crippen LogP contribution in [0.4, 0.5) is 13.2 Å². The minimum absolute atomic E-state index is 0.134. The van der Waals surface area contributed by atoms with Gasteiger partial charge in [-0.2, -0.15) is 0 Å². The topological polar surface area (TPSA) is 48.0 Å². The van der Waals surface area contributed by atoms with Gasteiger partial charge in [0.2, 0.25) is 5.91 Å². The average molecular weight is 435 g/mol. The van der Waals surface area contributed by atoms with Crippen LogP contribution in [0.25, 0.3) is 32.2 Å². The first-order valence-electron chi connectivity index (χ1n) is 9.38. The fourth-order valence-corrected chi connectivity index (χ4v) is 4.63. The van der Waals surface area contributed by atoms with Gasteiger partial charge in [-0.1, -0.05) is 12.1 Å². The van der Waals surface area contributed by atoms with Crippen molar-refractivity contribution in [2.24, 2.45) is 5.73 Å². The van der Waals surface area contributed by atoms with Gasteiger partial charge in [-0.15, -0.1) is 11.3 Å². The summed E-state index contributed by atoms with van der Waals surface area (Å²) in [7, 11) is 0. The number of primary amides is 1. The van der Waals surface area contributed by atoms with E-state index in [1.54, 1.807) is 34.1 Å². The third kappa shape index (κ3) is 3.18. The number of rotatable bonds is 4. The number of amides is 1. The minimum atomic E-state index is -1.25. The molecule has 2 aromatic heterocycles. The second kappa shape index (κ2) is 7.28. The van der Waals surface area contributed by atoms with Gasteiger partial charge in [-0.25, -0.2) is 13.2 Å². The molecule has 0 unspecified atom stereocenters. The van der Waals surface area contributed by atoms with Crippen molar-refractivity contribution in [3.05, 3.63) is 94.6 Å². The van der Waals surface area contributed by atoms with Crippen molar-refractivity contribution in [3.8, 4) is 10.4 Å². The summed E-state index contributed by atoms with van der Waals surface area (Å²) >= 11 is 1.55. The van der Waals surface area contributed by atoms with Gasteiger partial charge in [0.25, 0.3) is 0 Å². The standard InChI is InChI=1S/C24H14F3N2OS/c25-15-9-14(23(27)18(26)11-15)12-29-19-4-1-3-17(24(28)30)22(19)16-7-6-13(10-20(16)29)21-5-2-8-31-21/h1-6,8-11H,12H2,(H2,28,30). The van der Waals surface area contributed by atoms with Crippen LogP contribution in [0.15, 0.2) is 60.0 Å². The molecule has 1 radical (unpaired) electrons. The zero-order valence-corrected chi connectivity index (χ0v) is 16.8. The lowest BCUT2D eigenvalue weighted by Gasteiger charge is -2.10. The van der Waals surface area contributed by atoms with E-state index in [2.05, 4.69) is 6.07 Å². The molecule has 0 saturated carbocycles. The number of carbonyl (C=O) groups excluding carboxylic acids is 1. The van der Waals surface area contributed by atoms with E-state index in [-0.39, 0.29) is 12.1 Å². The zero-order chi connectivity index (χ0) is 21.7. The maximum Gasteiger partial charge on any atom is 0.249 e. The summed E-state index contributed by atoms with van der Waals surface area (Å²) in [5.41, 5.74) is 7.88. The number of carbonyl (C=O) groups is 1. The minimum Gasteiger partial charge on any atom is -0.366 e. The number of thiophene rings is 1. The van der Waals surface area contributed by atoms with Crippen LogP contribution in [0.2, 0.25) is 0 Å². The number of benzene rings is 3. The van der Waals surface area contributed by atoms with Gasteiger partial charge >= 0.3 is 0 Å². The Hall–Kier alpha value is -3.58. The predicted molar refractivity (Wildman–Crippen MR) is 116 cm³/mol. The molecule has 0 atom stereocenters. The average Bonchev–Trinajstić information content (AvgIpc) is 3.38. The van der Waals surface area contributed by atoms with Crippen molar-refractivity contribution in [3.63, 3.8) is 0 Å². The Bertz CT molecular complexity index is 1470. The van der Waals surface area contributed by atoms with Gasteiger partial charge in [0.1, 0.15) is 5.82 Å². The highest BCUT2D eigenvalue weighted by molar-refractivity contribution is 7.13. The molecule has 5 aromatic rings. The number of hydrogen-bond donors (Lipinski definition) is 1. The SMILES string of the molecule is NC(=O)c1cccc2c1c1[c]cc(-c3cccs3)cc1n2Cc1cc(F)cc(F)c1F. The van der Waals surface area contributed by atoms with Gasteiger partial charge in [-0.05, 0) is 53.4 Å². The summed E-state index contributed by atoms with van der Waals surface area (Å²) in [6.07, 6.45) is 0. The Kier molecular flexibility index (Phi) is 4.55. The van der Waals surface area contributed by atoms with Crippen LogP contribution in [-0.4, -0.2) is 10.5 Å². The molecule has 2 heterocycles. The lowest BCUT2D eigenvalue weighted by Crippen LogP contribution is -2.11. The highest BCUT2D eigenvalue weighted by atomic mass is 32.1. The molecule has 3 aromatic carbocycles. The monoisotopic (exact) mass is 435 g/mol. The van der Waals surface area contributed by atoms with Crippen molar-refractivity contribution in [2.75, 3.05) is 0 Å². The first-order chi connectivity index (χ1) is 14.9. The number of aromatic nitrogens is 1. The Morgan fingerprint density at radius 2 is 1.90 bits per heavy atom. The second-order valence-electron chi connectivity index (χ2n) is 7.14. The maximum atomic E-state index is 14.4. The largest absolute Gasteiger partial charge is 0.366 e. The van der Waals surface area contributed by atoms with Crippen molar-refractivity contribution in [1.82, 2.24) is 4.57 Å². The van der Waals surface area contributed by atoms with E-state index >= 15 is 0 Å². The first kappa shape index (κ1) is 19.4. The molecule has 31 heavy (non-hydrogen) atoms. The van der Waals surface area contributed by atoms with Crippen LogP contribution in [0, 0.1) is 23.5 Å². The van der Waals surface area contributed by atoms with E-state index in [9.17, 15) is 18.0 Å². The summed E-state index contributed by atoms with van der Waals surface area (Å²) in [5.74, 6) is -3.83. The third-order valence-corrected chi connectivity index (χ3v) is 6.18. The molecule has 0 aliphatic heterocycles. The smallest absolute Gasteiger partial charge is 0.249 e. The van der Waals surface area contributed by atoms with Crippen molar-refractivity contribution in [1.29, 1.82) is 0 Å². The van der Waals surface area contributed by atoms with Crippen LogP contribution in [0.5, 0.6) is 0 Å². The van der Waals surface area contributed by atoms with E-state index in [1.807, 2.05) is 29.6 Å². The number of fused-ring (bicyclic) bond motifs is 3. The molecule has 0 fully saturated rings. The van der Waals surface area contributed by atoms with Crippen LogP contribution in [-0.2, 0) is 6.54 Å². The molecule has 0 spiro atoms. The Morgan fingerprint density at radius 1 is 1.06 bits per heavy atom. The summed E-state index contributed by atoms with van der Waals surface area (Å²) in [5, 5.41) is 3.15. The molecule has 0 aliphatic carbocycles. The van der Waals surface area contributed by atoms with Crippen molar-refractivity contribution < 1.29 is 18.0 Å². The molecular weight excluding hydrogens is 421 g/mol. The molecule has 0 bridgehead atoms. The fraction of sp³-hybridized carbons (Fsp3) is 0.0417. The molecule has 7 heteroatoms. The van der Waals surface area contributed by atoms with E-state index < -0.39 is 23.4 Å².